The summed E-state index contributed by atoms with van der Waals surface area (Å²) in [6.07, 6.45) is -2.91. The van der Waals surface area contributed by atoms with Crippen LogP contribution in [0.1, 0.15) is 5.56 Å². The standard InChI is InChI=1S/C17H13ClF3N3O/c1-25-14-6-7-23-15-10(14)3-4-11(18)16(15)24-13-5-2-9(8-12(13)22)17(19,20)21/h2-8,24H,22H2,1H3. The highest BCUT2D eigenvalue weighted by atomic mass is 35.5. The zero-order valence-electron chi connectivity index (χ0n) is 13.0. The van der Waals surface area contributed by atoms with E-state index in [-0.39, 0.29) is 5.69 Å². The average molecular weight is 368 g/mol. The quantitative estimate of drug-likeness (QED) is 0.621. The Morgan fingerprint density at radius 2 is 1.92 bits per heavy atom. The number of rotatable bonds is 3. The lowest BCUT2D eigenvalue weighted by Gasteiger charge is -2.15. The molecular weight excluding hydrogens is 355 g/mol. The van der Waals surface area contributed by atoms with Gasteiger partial charge in [0.1, 0.15) is 5.75 Å². The number of nitrogens with two attached hydrogens (primary N) is 1. The van der Waals surface area contributed by atoms with Crippen LogP contribution in [0.5, 0.6) is 5.75 Å². The molecular formula is C17H13ClF3N3O. The molecule has 0 saturated heterocycles. The molecule has 0 aliphatic heterocycles. The smallest absolute Gasteiger partial charge is 0.416 e. The number of nitrogen functional groups attached to an aromatic ring is 1. The van der Waals surface area contributed by atoms with Gasteiger partial charge < -0.3 is 15.8 Å². The number of ether oxygens (including phenoxy) is 1. The van der Waals surface area contributed by atoms with E-state index in [1.807, 2.05) is 0 Å². The molecule has 0 aliphatic rings. The first-order chi connectivity index (χ1) is 11.8. The van der Waals surface area contributed by atoms with Gasteiger partial charge >= 0.3 is 6.18 Å². The van der Waals surface area contributed by atoms with Crippen LogP contribution in [0.3, 0.4) is 0 Å². The number of alkyl halides is 3. The van der Waals surface area contributed by atoms with E-state index in [0.717, 1.165) is 12.1 Å². The van der Waals surface area contributed by atoms with Crippen molar-refractivity contribution in [2.75, 3.05) is 18.2 Å². The van der Waals surface area contributed by atoms with Crippen LogP contribution in [0.25, 0.3) is 10.9 Å². The van der Waals surface area contributed by atoms with Gasteiger partial charge in [-0.3, -0.25) is 4.98 Å². The van der Waals surface area contributed by atoms with Crippen molar-refractivity contribution in [1.29, 1.82) is 0 Å². The van der Waals surface area contributed by atoms with Crippen LogP contribution < -0.4 is 15.8 Å². The van der Waals surface area contributed by atoms with Gasteiger partial charge in [0.05, 0.1) is 40.3 Å². The Hall–Kier alpha value is -2.67. The van der Waals surface area contributed by atoms with Crippen LogP contribution in [0, 0.1) is 0 Å². The number of benzene rings is 2. The van der Waals surface area contributed by atoms with E-state index < -0.39 is 11.7 Å². The van der Waals surface area contributed by atoms with Gasteiger partial charge in [-0.1, -0.05) is 11.6 Å². The van der Waals surface area contributed by atoms with E-state index in [9.17, 15) is 13.2 Å². The Balaban J connectivity index is 2.08. The fourth-order valence-corrected chi connectivity index (χ4v) is 2.65. The van der Waals surface area contributed by atoms with Crippen molar-refractivity contribution in [3.8, 4) is 5.75 Å². The normalized spacial score (nSPS) is 11.6. The molecule has 3 rings (SSSR count). The summed E-state index contributed by atoms with van der Waals surface area (Å²) in [4.78, 5) is 4.29. The number of hydrogen-bond acceptors (Lipinski definition) is 4. The molecule has 3 aromatic rings. The SMILES string of the molecule is COc1ccnc2c(Nc3ccc(C(F)(F)F)cc3N)c(Cl)ccc12. The van der Waals surface area contributed by atoms with Gasteiger partial charge in [0.15, 0.2) is 0 Å². The summed E-state index contributed by atoms with van der Waals surface area (Å²) in [6, 6.07) is 8.18. The lowest BCUT2D eigenvalue weighted by Crippen LogP contribution is -2.07. The molecule has 0 aliphatic carbocycles. The molecule has 1 heterocycles. The lowest BCUT2D eigenvalue weighted by atomic mass is 10.1. The van der Waals surface area contributed by atoms with Crippen molar-refractivity contribution in [3.63, 3.8) is 0 Å². The Bertz CT molecular complexity index is 944. The van der Waals surface area contributed by atoms with Crippen LogP contribution in [-0.4, -0.2) is 12.1 Å². The molecule has 0 atom stereocenters. The minimum atomic E-state index is -4.46. The van der Waals surface area contributed by atoms with Gasteiger partial charge in [-0.15, -0.1) is 0 Å². The third-order valence-electron chi connectivity index (χ3n) is 3.68. The summed E-state index contributed by atoms with van der Waals surface area (Å²) in [7, 11) is 1.53. The zero-order valence-corrected chi connectivity index (χ0v) is 13.7. The molecule has 0 saturated carbocycles. The van der Waals surface area contributed by atoms with Crippen LogP contribution in [0.15, 0.2) is 42.6 Å². The van der Waals surface area contributed by atoms with Crippen molar-refractivity contribution in [2.24, 2.45) is 0 Å². The maximum Gasteiger partial charge on any atom is 0.416 e. The molecule has 2 aromatic carbocycles. The lowest BCUT2D eigenvalue weighted by molar-refractivity contribution is -0.137. The van der Waals surface area contributed by atoms with Gasteiger partial charge in [0.2, 0.25) is 0 Å². The second kappa shape index (κ2) is 6.33. The number of halogens is 4. The van der Waals surface area contributed by atoms with Gasteiger partial charge in [0.25, 0.3) is 0 Å². The maximum atomic E-state index is 12.8. The molecule has 0 amide bonds. The van der Waals surface area contributed by atoms with Gasteiger partial charge in [-0.05, 0) is 36.4 Å². The summed E-state index contributed by atoms with van der Waals surface area (Å²) >= 11 is 6.24. The number of aromatic nitrogens is 1. The molecule has 0 fully saturated rings. The molecule has 0 bridgehead atoms. The Kier molecular flexibility index (Phi) is 4.34. The molecule has 0 unspecified atom stereocenters. The highest BCUT2D eigenvalue weighted by Gasteiger charge is 2.30. The number of nitrogens with one attached hydrogen (secondary N) is 1. The summed E-state index contributed by atoms with van der Waals surface area (Å²) < 4.78 is 43.6. The molecule has 0 radical (unpaired) electrons. The topological polar surface area (TPSA) is 60.2 Å². The molecule has 1 aromatic heterocycles. The molecule has 130 valence electrons. The fraction of sp³-hybridized carbons (Fsp3) is 0.118. The molecule has 0 spiro atoms. The van der Waals surface area contributed by atoms with Gasteiger partial charge in [0, 0.05) is 11.6 Å². The number of nitrogens with zero attached hydrogens (tertiary/aromatic N) is 1. The van der Waals surface area contributed by atoms with E-state index in [1.54, 1.807) is 24.4 Å². The van der Waals surface area contributed by atoms with Crippen LogP contribution in [0.2, 0.25) is 5.02 Å². The number of pyridine rings is 1. The Morgan fingerprint density at radius 3 is 2.56 bits per heavy atom. The van der Waals surface area contributed by atoms with Crippen molar-refractivity contribution in [1.82, 2.24) is 4.98 Å². The van der Waals surface area contributed by atoms with E-state index in [1.165, 1.54) is 13.2 Å². The molecule has 8 heteroatoms. The number of anilines is 3. The fourth-order valence-electron chi connectivity index (χ4n) is 2.45. The van der Waals surface area contributed by atoms with Crippen molar-refractivity contribution < 1.29 is 17.9 Å². The average Bonchev–Trinajstić information content (AvgIpc) is 2.57. The summed E-state index contributed by atoms with van der Waals surface area (Å²) in [5.41, 5.74) is 6.15. The van der Waals surface area contributed by atoms with Crippen LogP contribution in [0.4, 0.5) is 30.2 Å². The maximum absolute atomic E-state index is 12.8. The predicted octanol–water partition coefficient (Wildman–Crippen LogP) is 5.24. The van der Waals surface area contributed by atoms with Crippen LogP contribution >= 0.6 is 11.6 Å². The first-order valence-corrected chi connectivity index (χ1v) is 7.54. The zero-order chi connectivity index (χ0) is 18.2. The highest BCUT2D eigenvalue weighted by Crippen LogP contribution is 2.38. The number of hydrogen-bond donors (Lipinski definition) is 2. The summed E-state index contributed by atoms with van der Waals surface area (Å²) in [5, 5.41) is 4.04. The van der Waals surface area contributed by atoms with Crippen molar-refractivity contribution >= 4 is 39.6 Å². The van der Waals surface area contributed by atoms with Gasteiger partial charge in [-0.2, -0.15) is 13.2 Å². The predicted molar refractivity (Wildman–Crippen MR) is 92.4 cm³/mol. The monoisotopic (exact) mass is 367 g/mol. The second-order valence-corrected chi connectivity index (χ2v) is 5.66. The van der Waals surface area contributed by atoms with Crippen molar-refractivity contribution in [2.45, 2.75) is 6.18 Å². The van der Waals surface area contributed by atoms with E-state index >= 15 is 0 Å². The van der Waals surface area contributed by atoms with Gasteiger partial charge in [-0.25, -0.2) is 0 Å². The van der Waals surface area contributed by atoms with E-state index in [4.69, 9.17) is 22.1 Å². The molecule has 3 N–H and O–H groups in total. The van der Waals surface area contributed by atoms with E-state index in [2.05, 4.69) is 10.3 Å². The first kappa shape index (κ1) is 17.2. The third-order valence-corrected chi connectivity index (χ3v) is 4.00. The first-order valence-electron chi connectivity index (χ1n) is 7.16. The summed E-state index contributed by atoms with van der Waals surface area (Å²) in [5.74, 6) is 0.602. The number of fused-ring (bicyclic) bond motifs is 1. The second-order valence-electron chi connectivity index (χ2n) is 5.26. The highest BCUT2D eigenvalue weighted by molar-refractivity contribution is 6.35. The number of methoxy groups -OCH3 is 1. The molecule has 25 heavy (non-hydrogen) atoms. The largest absolute Gasteiger partial charge is 0.496 e. The van der Waals surface area contributed by atoms with E-state index in [0.29, 0.717) is 33.0 Å². The minimum absolute atomic E-state index is 0.0502. The Morgan fingerprint density at radius 1 is 1.16 bits per heavy atom. The summed E-state index contributed by atoms with van der Waals surface area (Å²) in [6.45, 7) is 0. The van der Waals surface area contributed by atoms with Crippen LogP contribution in [-0.2, 0) is 6.18 Å². The third kappa shape index (κ3) is 3.28. The minimum Gasteiger partial charge on any atom is -0.496 e. The van der Waals surface area contributed by atoms with Crippen molar-refractivity contribution in [3.05, 3.63) is 53.2 Å². The molecule has 4 nitrogen and oxygen atoms in total. The Labute approximate surface area is 146 Å².